The second-order valence-corrected chi connectivity index (χ2v) is 6.73. The number of aryl methyl sites for hydroxylation is 2. The lowest BCUT2D eigenvalue weighted by Gasteiger charge is -2.19. The average molecular weight is 369 g/mol. The summed E-state index contributed by atoms with van der Waals surface area (Å²) in [6.45, 7) is 4.71. The number of nitrogens with zero attached hydrogens (tertiary/aromatic N) is 2. The van der Waals surface area contributed by atoms with Crippen LogP contribution < -0.4 is 4.74 Å². The summed E-state index contributed by atoms with van der Waals surface area (Å²) in [7, 11) is 1.76. The van der Waals surface area contributed by atoms with Crippen molar-refractivity contribution in [3.05, 3.63) is 70.4 Å². The van der Waals surface area contributed by atoms with Gasteiger partial charge in [0.05, 0.1) is 28.3 Å². The number of hydrogen-bond donors (Lipinski definition) is 0. The largest absolute Gasteiger partial charge is 0.490 e. The van der Waals surface area contributed by atoms with Crippen molar-refractivity contribution in [2.45, 2.75) is 13.8 Å². The lowest BCUT2D eigenvalue weighted by atomic mass is 10.1. The van der Waals surface area contributed by atoms with Crippen molar-refractivity contribution in [2.75, 3.05) is 20.2 Å². The monoisotopic (exact) mass is 368 g/mol. The Morgan fingerprint density at radius 2 is 1.92 bits per heavy atom. The maximum atomic E-state index is 12.8. The third-order valence-corrected chi connectivity index (χ3v) is 4.57. The van der Waals surface area contributed by atoms with Gasteiger partial charge < -0.3 is 9.64 Å². The van der Waals surface area contributed by atoms with E-state index in [0.29, 0.717) is 29.5 Å². The Kier molecular flexibility index (Phi) is 5.43. The van der Waals surface area contributed by atoms with Crippen molar-refractivity contribution >= 4 is 28.4 Å². The first kappa shape index (κ1) is 18.2. The van der Waals surface area contributed by atoms with Gasteiger partial charge in [0, 0.05) is 12.4 Å². The summed E-state index contributed by atoms with van der Waals surface area (Å²) < 4.78 is 5.67. The number of hydrogen-bond acceptors (Lipinski definition) is 3. The lowest BCUT2D eigenvalue weighted by Crippen LogP contribution is -2.31. The molecule has 134 valence electrons. The molecule has 1 amide bonds. The van der Waals surface area contributed by atoms with Gasteiger partial charge in [-0.25, -0.2) is 0 Å². The molecule has 0 aliphatic heterocycles. The first-order valence-electron chi connectivity index (χ1n) is 8.46. The fourth-order valence-electron chi connectivity index (χ4n) is 2.77. The molecule has 3 aromatic rings. The smallest absolute Gasteiger partial charge is 0.255 e. The van der Waals surface area contributed by atoms with E-state index in [4.69, 9.17) is 16.3 Å². The van der Waals surface area contributed by atoms with E-state index in [-0.39, 0.29) is 5.91 Å². The number of halogens is 1. The Morgan fingerprint density at radius 3 is 2.69 bits per heavy atom. The van der Waals surface area contributed by atoms with E-state index in [0.717, 1.165) is 22.2 Å². The van der Waals surface area contributed by atoms with Gasteiger partial charge in [0.25, 0.3) is 5.91 Å². The van der Waals surface area contributed by atoms with Crippen LogP contribution in [-0.2, 0) is 0 Å². The molecular weight excluding hydrogens is 348 g/mol. The first-order valence-corrected chi connectivity index (χ1v) is 8.84. The van der Waals surface area contributed by atoms with Crippen LogP contribution in [0.2, 0.25) is 5.02 Å². The van der Waals surface area contributed by atoms with E-state index >= 15 is 0 Å². The third kappa shape index (κ3) is 3.97. The maximum absolute atomic E-state index is 12.8. The van der Waals surface area contributed by atoms with Crippen LogP contribution in [0, 0.1) is 13.8 Å². The van der Waals surface area contributed by atoms with Crippen LogP contribution in [0.15, 0.2) is 48.5 Å². The quantitative estimate of drug-likeness (QED) is 0.658. The predicted molar refractivity (Wildman–Crippen MR) is 105 cm³/mol. The van der Waals surface area contributed by atoms with Crippen molar-refractivity contribution in [1.29, 1.82) is 0 Å². The minimum Gasteiger partial charge on any atom is -0.490 e. The molecule has 0 saturated heterocycles. The Balaban J connectivity index is 1.71. The van der Waals surface area contributed by atoms with E-state index in [1.165, 1.54) is 0 Å². The summed E-state index contributed by atoms with van der Waals surface area (Å²) in [4.78, 5) is 19.0. The zero-order valence-electron chi connectivity index (χ0n) is 15.1. The maximum Gasteiger partial charge on any atom is 0.255 e. The second kappa shape index (κ2) is 7.75. The van der Waals surface area contributed by atoms with Crippen LogP contribution in [0.5, 0.6) is 5.75 Å². The Bertz CT molecular complexity index is 956. The van der Waals surface area contributed by atoms with Gasteiger partial charge in [-0.3, -0.25) is 9.78 Å². The highest BCUT2D eigenvalue weighted by Crippen LogP contribution is 2.23. The van der Waals surface area contributed by atoms with Crippen molar-refractivity contribution in [2.24, 2.45) is 0 Å². The fourth-order valence-corrected chi connectivity index (χ4v) is 2.96. The summed E-state index contributed by atoms with van der Waals surface area (Å²) >= 11 is 6.07. The molecule has 26 heavy (non-hydrogen) atoms. The molecule has 0 spiro atoms. The molecule has 0 unspecified atom stereocenters. The van der Waals surface area contributed by atoms with Crippen LogP contribution in [0.25, 0.3) is 10.9 Å². The molecule has 0 fully saturated rings. The van der Waals surface area contributed by atoms with E-state index in [9.17, 15) is 4.79 Å². The van der Waals surface area contributed by atoms with Crippen molar-refractivity contribution in [3.8, 4) is 5.75 Å². The second-order valence-electron chi connectivity index (χ2n) is 6.32. The van der Waals surface area contributed by atoms with Gasteiger partial charge >= 0.3 is 0 Å². The number of amides is 1. The highest BCUT2D eigenvalue weighted by atomic mass is 35.5. The van der Waals surface area contributed by atoms with E-state index in [1.807, 2.05) is 56.3 Å². The summed E-state index contributed by atoms with van der Waals surface area (Å²) in [6.07, 6.45) is 0. The third-order valence-electron chi connectivity index (χ3n) is 4.26. The van der Waals surface area contributed by atoms with Gasteiger partial charge in [-0.05, 0) is 44.2 Å². The molecule has 1 aromatic heterocycles. The number of rotatable bonds is 5. The molecule has 0 atom stereocenters. The Morgan fingerprint density at radius 1 is 1.15 bits per heavy atom. The highest BCUT2D eigenvalue weighted by molar-refractivity contribution is 6.32. The van der Waals surface area contributed by atoms with E-state index in [1.54, 1.807) is 18.0 Å². The summed E-state index contributed by atoms with van der Waals surface area (Å²) in [5.74, 6) is 0.551. The van der Waals surface area contributed by atoms with Gasteiger partial charge in [-0.2, -0.15) is 0 Å². The number of carbonyl (C=O) groups excluding carboxylic acids is 1. The van der Waals surface area contributed by atoms with Crippen LogP contribution in [0.3, 0.4) is 0 Å². The van der Waals surface area contributed by atoms with Crippen molar-refractivity contribution < 1.29 is 9.53 Å². The minimum atomic E-state index is -0.0684. The Hall–Kier alpha value is -2.59. The number of carbonyl (C=O) groups is 1. The summed E-state index contributed by atoms with van der Waals surface area (Å²) in [6, 6.07) is 15.3. The number of para-hydroxylation sites is 1. The zero-order valence-corrected chi connectivity index (χ0v) is 15.9. The van der Waals surface area contributed by atoms with Gasteiger partial charge in [-0.15, -0.1) is 0 Å². The number of fused-ring (bicyclic) bond motifs is 1. The molecule has 0 bridgehead atoms. The standard InChI is InChI=1S/C21H21ClN2O2/c1-14-8-9-19-16(12-14)13-17(15(2)23-19)21(25)24(3)10-11-26-20-7-5-4-6-18(20)22/h4-9,12-13H,10-11H2,1-3H3. The van der Waals surface area contributed by atoms with Gasteiger partial charge in [0.15, 0.2) is 0 Å². The van der Waals surface area contributed by atoms with Crippen molar-refractivity contribution in [3.63, 3.8) is 0 Å². The summed E-state index contributed by atoms with van der Waals surface area (Å²) in [5.41, 5.74) is 3.38. The number of likely N-dealkylation sites (N-methyl/N-ethyl adjacent to an activating group) is 1. The van der Waals surface area contributed by atoms with Gasteiger partial charge in [-0.1, -0.05) is 35.4 Å². The van der Waals surface area contributed by atoms with Gasteiger partial charge in [0.2, 0.25) is 0 Å². The fraction of sp³-hybridized carbons (Fsp3) is 0.238. The van der Waals surface area contributed by atoms with Crippen LogP contribution in [-0.4, -0.2) is 36.0 Å². The molecule has 3 rings (SSSR count). The molecule has 0 radical (unpaired) electrons. The van der Waals surface area contributed by atoms with E-state index in [2.05, 4.69) is 4.98 Å². The molecule has 0 aliphatic carbocycles. The first-order chi connectivity index (χ1) is 12.5. The number of benzene rings is 2. The zero-order chi connectivity index (χ0) is 18.7. The Labute approximate surface area is 158 Å². The predicted octanol–water partition coefficient (Wildman–Crippen LogP) is 4.66. The molecule has 0 saturated carbocycles. The minimum absolute atomic E-state index is 0.0684. The van der Waals surface area contributed by atoms with Crippen LogP contribution >= 0.6 is 11.6 Å². The molecule has 5 heteroatoms. The SMILES string of the molecule is Cc1ccc2nc(C)c(C(=O)N(C)CCOc3ccccc3Cl)cc2c1. The molecule has 4 nitrogen and oxygen atoms in total. The summed E-state index contributed by atoms with van der Waals surface area (Å²) in [5, 5.41) is 1.53. The van der Waals surface area contributed by atoms with Crippen LogP contribution in [0.4, 0.5) is 0 Å². The lowest BCUT2D eigenvalue weighted by molar-refractivity contribution is 0.0773. The van der Waals surface area contributed by atoms with E-state index < -0.39 is 0 Å². The molecular formula is C21H21ClN2O2. The highest BCUT2D eigenvalue weighted by Gasteiger charge is 2.16. The molecule has 0 aliphatic rings. The number of aromatic nitrogens is 1. The average Bonchev–Trinajstić information content (AvgIpc) is 2.62. The molecule has 1 heterocycles. The van der Waals surface area contributed by atoms with Crippen molar-refractivity contribution in [1.82, 2.24) is 9.88 Å². The molecule has 2 aromatic carbocycles. The molecule has 0 N–H and O–H groups in total. The number of pyridine rings is 1. The van der Waals surface area contributed by atoms with Crippen LogP contribution in [0.1, 0.15) is 21.6 Å². The normalized spacial score (nSPS) is 10.8. The number of ether oxygens (including phenoxy) is 1. The topological polar surface area (TPSA) is 42.4 Å². The van der Waals surface area contributed by atoms with Gasteiger partial charge in [0.1, 0.15) is 12.4 Å².